The fraction of sp³-hybridized carbons (Fsp3) is 0.778. The molecule has 60 valence electrons. The monoisotopic (exact) mass is 141 g/mol. The average Bonchev–Trinajstić information content (AvgIpc) is 1.84. The van der Waals surface area contributed by atoms with Gasteiger partial charge in [0.25, 0.3) is 0 Å². The third kappa shape index (κ3) is 4.57. The van der Waals surface area contributed by atoms with Crippen LogP contribution in [0.4, 0.5) is 0 Å². The molecule has 0 rings (SSSR count). The van der Waals surface area contributed by atoms with Crippen molar-refractivity contribution in [1.29, 1.82) is 0 Å². The summed E-state index contributed by atoms with van der Waals surface area (Å²) < 4.78 is 0. The first-order valence-electron chi connectivity index (χ1n) is 3.91. The van der Waals surface area contributed by atoms with Crippen LogP contribution in [0.25, 0.3) is 0 Å². The van der Waals surface area contributed by atoms with Gasteiger partial charge in [0.2, 0.25) is 0 Å². The van der Waals surface area contributed by atoms with Gasteiger partial charge in [-0.1, -0.05) is 26.0 Å². The van der Waals surface area contributed by atoms with E-state index in [2.05, 4.69) is 38.2 Å². The predicted molar refractivity (Wildman–Crippen MR) is 47.1 cm³/mol. The summed E-state index contributed by atoms with van der Waals surface area (Å²) in [5, 5.41) is 3.15. The van der Waals surface area contributed by atoms with Crippen LogP contribution < -0.4 is 5.32 Å². The van der Waals surface area contributed by atoms with Crippen molar-refractivity contribution in [2.45, 2.75) is 27.2 Å². The molecule has 1 heteroatoms. The molecule has 0 saturated carbocycles. The van der Waals surface area contributed by atoms with E-state index < -0.39 is 0 Å². The van der Waals surface area contributed by atoms with Crippen molar-refractivity contribution in [3.05, 3.63) is 12.2 Å². The number of rotatable bonds is 4. The Morgan fingerprint density at radius 2 is 2.00 bits per heavy atom. The fourth-order valence-corrected chi connectivity index (χ4v) is 0.982. The van der Waals surface area contributed by atoms with E-state index in [0.29, 0.717) is 5.41 Å². The second-order valence-electron chi connectivity index (χ2n) is 3.34. The van der Waals surface area contributed by atoms with Gasteiger partial charge in [-0.3, -0.25) is 0 Å². The Morgan fingerprint density at radius 1 is 1.40 bits per heavy atom. The Morgan fingerprint density at radius 3 is 2.40 bits per heavy atom. The SMILES string of the molecule is CC=CC(C)(C)CCNC. The van der Waals surface area contributed by atoms with E-state index in [-0.39, 0.29) is 0 Å². The lowest BCUT2D eigenvalue weighted by Crippen LogP contribution is -2.17. The maximum absolute atomic E-state index is 3.15. The van der Waals surface area contributed by atoms with Gasteiger partial charge in [0.15, 0.2) is 0 Å². The van der Waals surface area contributed by atoms with Crippen molar-refractivity contribution in [3.63, 3.8) is 0 Å². The van der Waals surface area contributed by atoms with Crippen LogP contribution in [0, 0.1) is 5.41 Å². The van der Waals surface area contributed by atoms with Gasteiger partial charge in [-0.05, 0) is 32.4 Å². The summed E-state index contributed by atoms with van der Waals surface area (Å²) in [5.41, 5.74) is 0.359. The zero-order valence-corrected chi connectivity index (χ0v) is 7.57. The Balaban J connectivity index is 3.63. The first-order valence-corrected chi connectivity index (χ1v) is 3.91. The molecule has 0 radical (unpaired) electrons. The van der Waals surface area contributed by atoms with Crippen molar-refractivity contribution in [1.82, 2.24) is 5.32 Å². The summed E-state index contributed by atoms with van der Waals surface area (Å²) in [6.07, 6.45) is 5.58. The summed E-state index contributed by atoms with van der Waals surface area (Å²) in [5.74, 6) is 0. The normalized spacial score (nSPS) is 12.8. The minimum absolute atomic E-state index is 0.359. The van der Waals surface area contributed by atoms with Gasteiger partial charge in [0.1, 0.15) is 0 Å². The highest BCUT2D eigenvalue weighted by atomic mass is 14.8. The molecule has 1 N–H and O–H groups in total. The summed E-state index contributed by atoms with van der Waals surface area (Å²) in [4.78, 5) is 0. The van der Waals surface area contributed by atoms with E-state index >= 15 is 0 Å². The van der Waals surface area contributed by atoms with E-state index in [9.17, 15) is 0 Å². The third-order valence-corrected chi connectivity index (χ3v) is 1.64. The lowest BCUT2D eigenvalue weighted by atomic mass is 9.89. The van der Waals surface area contributed by atoms with E-state index in [1.807, 2.05) is 7.05 Å². The molecule has 0 aliphatic rings. The molecule has 0 aromatic heterocycles. The van der Waals surface area contributed by atoms with Crippen LogP contribution in [0.2, 0.25) is 0 Å². The van der Waals surface area contributed by atoms with Crippen molar-refractivity contribution in [3.8, 4) is 0 Å². The Bertz CT molecular complexity index is 103. The number of hydrogen-bond donors (Lipinski definition) is 1. The van der Waals surface area contributed by atoms with Gasteiger partial charge >= 0.3 is 0 Å². The topological polar surface area (TPSA) is 12.0 Å². The minimum Gasteiger partial charge on any atom is -0.320 e. The molecule has 0 unspecified atom stereocenters. The van der Waals surface area contributed by atoms with Crippen LogP contribution in [0.1, 0.15) is 27.2 Å². The van der Waals surface area contributed by atoms with Gasteiger partial charge in [-0.25, -0.2) is 0 Å². The molecule has 0 atom stereocenters. The van der Waals surface area contributed by atoms with Crippen molar-refractivity contribution < 1.29 is 0 Å². The van der Waals surface area contributed by atoms with Crippen molar-refractivity contribution in [2.75, 3.05) is 13.6 Å². The number of allylic oxidation sites excluding steroid dienone is 2. The molecule has 0 aromatic rings. The fourth-order valence-electron chi connectivity index (χ4n) is 0.982. The Hall–Kier alpha value is -0.300. The minimum atomic E-state index is 0.359. The highest BCUT2D eigenvalue weighted by molar-refractivity contribution is 4.92. The van der Waals surface area contributed by atoms with E-state index in [4.69, 9.17) is 0 Å². The smallest absolute Gasteiger partial charge is 0.00438 e. The molecular weight excluding hydrogens is 122 g/mol. The molecule has 0 amide bonds. The molecule has 0 fully saturated rings. The summed E-state index contributed by atoms with van der Waals surface area (Å²) in [6, 6.07) is 0. The van der Waals surface area contributed by atoms with Crippen molar-refractivity contribution in [2.24, 2.45) is 5.41 Å². The van der Waals surface area contributed by atoms with Gasteiger partial charge < -0.3 is 5.32 Å². The van der Waals surface area contributed by atoms with Gasteiger partial charge in [-0.15, -0.1) is 0 Å². The predicted octanol–water partition coefficient (Wildman–Crippen LogP) is 2.20. The molecule has 1 nitrogen and oxygen atoms in total. The highest BCUT2D eigenvalue weighted by Gasteiger charge is 2.11. The lowest BCUT2D eigenvalue weighted by molar-refractivity contribution is 0.429. The van der Waals surface area contributed by atoms with Crippen LogP contribution in [-0.2, 0) is 0 Å². The molecule has 0 saturated heterocycles. The third-order valence-electron chi connectivity index (χ3n) is 1.64. The molecule has 0 aromatic carbocycles. The quantitative estimate of drug-likeness (QED) is 0.592. The second-order valence-corrected chi connectivity index (χ2v) is 3.34. The zero-order valence-electron chi connectivity index (χ0n) is 7.57. The Kier molecular flexibility index (Phi) is 4.37. The maximum Gasteiger partial charge on any atom is -0.00438 e. The lowest BCUT2D eigenvalue weighted by Gasteiger charge is -2.19. The van der Waals surface area contributed by atoms with Crippen LogP contribution in [0.5, 0.6) is 0 Å². The van der Waals surface area contributed by atoms with Gasteiger partial charge in [-0.2, -0.15) is 0 Å². The largest absolute Gasteiger partial charge is 0.320 e. The average molecular weight is 141 g/mol. The van der Waals surface area contributed by atoms with Gasteiger partial charge in [0.05, 0.1) is 0 Å². The highest BCUT2D eigenvalue weighted by Crippen LogP contribution is 2.20. The standard InChI is InChI=1S/C9H19N/c1-5-6-9(2,3)7-8-10-4/h5-6,10H,7-8H2,1-4H3. The Labute approximate surface area is 64.5 Å². The molecule has 0 aliphatic heterocycles. The van der Waals surface area contributed by atoms with Crippen molar-refractivity contribution >= 4 is 0 Å². The zero-order chi connectivity index (χ0) is 8.04. The summed E-state index contributed by atoms with van der Waals surface area (Å²) in [7, 11) is 1.99. The van der Waals surface area contributed by atoms with E-state index in [1.165, 1.54) is 6.42 Å². The van der Waals surface area contributed by atoms with Gasteiger partial charge in [0, 0.05) is 0 Å². The molecule has 10 heavy (non-hydrogen) atoms. The number of hydrogen-bond acceptors (Lipinski definition) is 1. The molecule has 0 heterocycles. The van der Waals surface area contributed by atoms with Crippen LogP contribution in [0.3, 0.4) is 0 Å². The van der Waals surface area contributed by atoms with Crippen LogP contribution in [-0.4, -0.2) is 13.6 Å². The van der Waals surface area contributed by atoms with Crippen LogP contribution >= 0.6 is 0 Å². The molecule has 0 aliphatic carbocycles. The maximum atomic E-state index is 3.15. The summed E-state index contributed by atoms with van der Waals surface area (Å²) >= 11 is 0. The van der Waals surface area contributed by atoms with Crippen LogP contribution in [0.15, 0.2) is 12.2 Å². The van der Waals surface area contributed by atoms with E-state index in [1.54, 1.807) is 0 Å². The first-order chi connectivity index (χ1) is 4.62. The molecular formula is C9H19N. The first kappa shape index (κ1) is 9.70. The summed E-state index contributed by atoms with van der Waals surface area (Å²) in [6.45, 7) is 7.67. The molecule has 0 bridgehead atoms. The molecule has 0 spiro atoms. The second kappa shape index (κ2) is 4.51. The number of nitrogens with one attached hydrogen (secondary N) is 1. The van der Waals surface area contributed by atoms with E-state index in [0.717, 1.165) is 6.54 Å².